The molecular weight excluding hydrogens is 338 g/mol. The van der Waals surface area contributed by atoms with Gasteiger partial charge in [0, 0.05) is 6.54 Å². The Morgan fingerprint density at radius 3 is 2.96 bits per heavy atom. The number of benzene rings is 1. The van der Waals surface area contributed by atoms with Crippen molar-refractivity contribution in [2.24, 2.45) is 0 Å². The van der Waals surface area contributed by atoms with Gasteiger partial charge in [-0.2, -0.15) is 0 Å². The first-order valence-electron chi connectivity index (χ1n) is 7.78. The van der Waals surface area contributed by atoms with Crippen molar-refractivity contribution in [3.05, 3.63) is 54.6 Å². The predicted octanol–water partition coefficient (Wildman–Crippen LogP) is 4.29. The maximum atomic E-state index is 5.48. The summed E-state index contributed by atoms with van der Waals surface area (Å²) in [6.07, 6.45) is 3.24. The number of nitrogens with zero attached hydrogens (tertiary/aromatic N) is 2. The van der Waals surface area contributed by atoms with Gasteiger partial charge in [-0.25, -0.2) is 9.97 Å². The van der Waals surface area contributed by atoms with Crippen LogP contribution in [0.4, 0.5) is 5.82 Å². The summed E-state index contributed by atoms with van der Waals surface area (Å²) in [6, 6.07) is 11.8. The molecule has 0 atom stereocenters. The van der Waals surface area contributed by atoms with Crippen LogP contribution in [0.5, 0.6) is 11.5 Å². The Hall–Kier alpha value is -3.06. The second kappa shape index (κ2) is 5.78. The van der Waals surface area contributed by atoms with Crippen LogP contribution >= 0.6 is 11.3 Å². The Labute approximate surface area is 147 Å². The highest BCUT2D eigenvalue weighted by molar-refractivity contribution is 7.22. The van der Waals surface area contributed by atoms with Gasteiger partial charge in [0.15, 0.2) is 11.5 Å². The normalized spacial score (nSPS) is 12.6. The second-order valence-corrected chi connectivity index (χ2v) is 6.62. The van der Waals surface area contributed by atoms with Gasteiger partial charge in [-0.3, -0.25) is 0 Å². The highest BCUT2D eigenvalue weighted by Gasteiger charge is 2.14. The number of aromatic nitrogens is 2. The van der Waals surface area contributed by atoms with Crippen molar-refractivity contribution >= 4 is 27.4 Å². The molecule has 25 heavy (non-hydrogen) atoms. The molecule has 6 nitrogen and oxygen atoms in total. The average Bonchev–Trinajstić information content (AvgIpc) is 3.38. The van der Waals surface area contributed by atoms with Gasteiger partial charge in [0.05, 0.1) is 21.4 Å². The number of nitrogens with one attached hydrogen (secondary N) is 1. The van der Waals surface area contributed by atoms with E-state index in [1.165, 1.54) is 0 Å². The number of hydrogen-bond donors (Lipinski definition) is 1. The van der Waals surface area contributed by atoms with E-state index in [4.69, 9.17) is 13.9 Å². The van der Waals surface area contributed by atoms with E-state index < -0.39 is 0 Å². The Kier molecular flexibility index (Phi) is 3.31. The molecule has 0 amide bonds. The minimum atomic E-state index is 0.281. The Morgan fingerprint density at radius 2 is 2.04 bits per heavy atom. The van der Waals surface area contributed by atoms with E-state index in [1.807, 2.05) is 36.4 Å². The van der Waals surface area contributed by atoms with Gasteiger partial charge in [0.2, 0.25) is 6.79 Å². The molecule has 0 saturated heterocycles. The van der Waals surface area contributed by atoms with Gasteiger partial charge in [-0.1, -0.05) is 6.07 Å². The van der Waals surface area contributed by atoms with Crippen LogP contribution in [0.1, 0.15) is 5.56 Å². The van der Waals surface area contributed by atoms with E-state index in [1.54, 1.807) is 23.9 Å². The van der Waals surface area contributed by atoms with Gasteiger partial charge in [0.25, 0.3) is 0 Å². The minimum absolute atomic E-state index is 0.281. The molecule has 0 radical (unpaired) electrons. The van der Waals surface area contributed by atoms with Crippen molar-refractivity contribution in [1.29, 1.82) is 0 Å². The molecule has 4 heterocycles. The first kappa shape index (κ1) is 14.3. The number of ether oxygens (including phenoxy) is 2. The number of furan rings is 1. The van der Waals surface area contributed by atoms with Crippen molar-refractivity contribution in [1.82, 2.24) is 9.97 Å². The number of anilines is 1. The molecule has 7 heteroatoms. The van der Waals surface area contributed by atoms with Crippen LogP contribution in [0.25, 0.3) is 20.9 Å². The molecule has 0 aliphatic carbocycles. The third-order valence-electron chi connectivity index (χ3n) is 3.97. The standard InChI is InChI=1S/C18H13N3O3S/c1-2-14(22-5-1)16-7-12-17(25-16)18(21-9-20-12)19-8-11-3-4-13-15(6-11)24-10-23-13/h1-7,9H,8,10H2,(H,19,20,21). The molecule has 0 fully saturated rings. The first-order valence-corrected chi connectivity index (χ1v) is 8.59. The molecule has 1 aliphatic rings. The monoisotopic (exact) mass is 351 g/mol. The van der Waals surface area contributed by atoms with Crippen LogP contribution in [0.3, 0.4) is 0 Å². The fraction of sp³-hybridized carbons (Fsp3) is 0.111. The largest absolute Gasteiger partial charge is 0.464 e. The lowest BCUT2D eigenvalue weighted by Gasteiger charge is -2.07. The van der Waals surface area contributed by atoms with Crippen LogP contribution in [-0.4, -0.2) is 16.8 Å². The van der Waals surface area contributed by atoms with E-state index in [9.17, 15) is 0 Å². The van der Waals surface area contributed by atoms with Crippen LogP contribution in [0.15, 0.2) is 53.4 Å². The fourth-order valence-electron chi connectivity index (χ4n) is 2.76. The third-order valence-corrected chi connectivity index (χ3v) is 5.12. The molecule has 1 aromatic carbocycles. The number of fused-ring (bicyclic) bond motifs is 2. The van der Waals surface area contributed by atoms with Gasteiger partial charge < -0.3 is 19.2 Å². The first-order chi connectivity index (χ1) is 12.4. The lowest BCUT2D eigenvalue weighted by Crippen LogP contribution is -2.01. The third kappa shape index (κ3) is 2.58. The number of hydrogen-bond acceptors (Lipinski definition) is 7. The zero-order valence-electron chi connectivity index (χ0n) is 13.1. The van der Waals surface area contributed by atoms with Crippen LogP contribution in [-0.2, 0) is 6.54 Å². The van der Waals surface area contributed by atoms with Crippen molar-refractivity contribution in [3.63, 3.8) is 0 Å². The maximum absolute atomic E-state index is 5.48. The van der Waals surface area contributed by atoms with E-state index in [-0.39, 0.29) is 6.79 Å². The van der Waals surface area contributed by atoms with Crippen LogP contribution in [0.2, 0.25) is 0 Å². The van der Waals surface area contributed by atoms with Crippen LogP contribution < -0.4 is 14.8 Å². The van der Waals surface area contributed by atoms with E-state index >= 15 is 0 Å². The van der Waals surface area contributed by atoms with E-state index in [2.05, 4.69) is 15.3 Å². The molecule has 1 N–H and O–H groups in total. The topological polar surface area (TPSA) is 69.4 Å². The Balaban J connectivity index is 1.43. The van der Waals surface area contributed by atoms with Crippen molar-refractivity contribution in [2.45, 2.75) is 6.54 Å². The molecule has 3 aromatic heterocycles. The zero-order chi connectivity index (χ0) is 16.6. The SMILES string of the molecule is c1coc(-c2cc3ncnc(NCc4ccc5c(c4)OCO5)c3s2)c1. The summed E-state index contributed by atoms with van der Waals surface area (Å²) < 4.78 is 17.2. The Bertz CT molecular complexity index is 1040. The van der Waals surface area contributed by atoms with Crippen LogP contribution in [0, 0.1) is 0 Å². The molecule has 0 unspecified atom stereocenters. The number of rotatable bonds is 4. The smallest absolute Gasteiger partial charge is 0.231 e. The Morgan fingerprint density at radius 1 is 1.08 bits per heavy atom. The summed E-state index contributed by atoms with van der Waals surface area (Å²) >= 11 is 1.61. The highest BCUT2D eigenvalue weighted by Crippen LogP contribution is 2.36. The summed E-state index contributed by atoms with van der Waals surface area (Å²) in [6.45, 7) is 0.917. The summed E-state index contributed by atoms with van der Waals surface area (Å²) in [5.41, 5.74) is 2.00. The molecule has 0 saturated carbocycles. The van der Waals surface area contributed by atoms with Gasteiger partial charge in [-0.05, 0) is 35.9 Å². The second-order valence-electron chi connectivity index (χ2n) is 5.57. The zero-order valence-corrected chi connectivity index (χ0v) is 13.9. The summed E-state index contributed by atoms with van der Waals surface area (Å²) in [5.74, 6) is 3.22. The quantitative estimate of drug-likeness (QED) is 0.591. The predicted molar refractivity (Wildman–Crippen MR) is 95.0 cm³/mol. The molecule has 124 valence electrons. The molecule has 5 rings (SSSR count). The van der Waals surface area contributed by atoms with Crippen molar-refractivity contribution in [2.75, 3.05) is 12.1 Å². The molecule has 1 aliphatic heterocycles. The fourth-order valence-corrected chi connectivity index (χ4v) is 3.80. The van der Waals surface area contributed by atoms with Gasteiger partial charge in [-0.15, -0.1) is 11.3 Å². The summed E-state index contributed by atoms with van der Waals surface area (Å²) in [4.78, 5) is 9.78. The molecular formula is C18H13N3O3S. The van der Waals surface area contributed by atoms with E-state index in [0.29, 0.717) is 6.54 Å². The summed E-state index contributed by atoms with van der Waals surface area (Å²) in [7, 11) is 0. The highest BCUT2D eigenvalue weighted by atomic mass is 32.1. The molecule has 0 spiro atoms. The van der Waals surface area contributed by atoms with Crippen molar-refractivity contribution in [3.8, 4) is 22.1 Å². The van der Waals surface area contributed by atoms with Crippen molar-refractivity contribution < 1.29 is 13.9 Å². The number of thiophene rings is 1. The van der Waals surface area contributed by atoms with Gasteiger partial charge in [0.1, 0.15) is 17.9 Å². The lowest BCUT2D eigenvalue weighted by atomic mass is 10.2. The molecule has 0 bridgehead atoms. The lowest BCUT2D eigenvalue weighted by molar-refractivity contribution is 0.174. The van der Waals surface area contributed by atoms with Gasteiger partial charge >= 0.3 is 0 Å². The maximum Gasteiger partial charge on any atom is 0.231 e. The van der Waals surface area contributed by atoms with E-state index in [0.717, 1.165) is 43.7 Å². The average molecular weight is 351 g/mol. The molecule has 4 aromatic rings. The summed E-state index contributed by atoms with van der Waals surface area (Å²) in [5, 5.41) is 3.39. The minimum Gasteiger partial charge on any atom is -0.464 e.